The lowest BCUT2D eigenvalue weighted by molar-refractivity contribution is -0.144. The summed E-state index contributed by atoms with van der Waals surface area (Å²) in [7, 11) is 0. The highest BCUT2D eigenvalue weighted by Gasteiger charge is 2.35. The van der Waals surface area contributed by atoms with Crippen molar-refractivity contribution in [2.24, 2.45) is 0 Å². The second-order valence-electron chi connectivity index (χ2n) is 5.42. The van der Waals surface area contributed by atoms with Crippen molar-refractivity contribution < 1.29 is 22.7 Å². The van der Waals surface area contributed by atoms with Crippen molar-refractivity contribution in [3.63, 3.8) is 0 Å². The molecular formula is C18H12F3N3O2. The largest absolute Gasteiger partial charge is 0.490 e. The summed E-state index contributed by atoms with van der Waals surface area (Å²) in [6, 6.07) is 14.0. The van der Waals surface area contributed by atoms with Gasteiger partial charge in [-0.3, -0.25) is 4.79 Å². The smallest absolute Gasteiger partial charge is 0.449 e. The second-order valence-corrected chi connectivity index (χ2v) is 5.42. The number of aromatic amines is 1. The number of nitrogens with one attached hydrogen (secondary N) is 1. The average Bonchev–Trinajstić information content (AvgIpc) is 3.08. The van der Waals surface area contributed by atoms with Crippen molar-refractivity contribution in [2.75, 3.05) is 6.61 Å². The number of hydrogen-bond acceptors (Lipinski definition) is 4. The molecule has 1 aromatic heterocycles. The van der Waals surface area contributed by atoms with Gasteiger partial charge in [-0.1, -0.05) is 18.2 Å². The van der Waals surface area contributed by atoms with Gasteiger partial charge in [-0.2, -0.15) is 18.4 Å². The van der Waals surface area contributed by atoms with Crippen LogP contribution in [0.3, 0.4) is 0 Å². The Morgan fingerprint density at radius 3 is 2.50 bits per heavy atom. The van der Waals surface area contributed by atoms with Crippen LogP contribution in [0.2, 0.25) is 0 Å². The summed E-state index contributed by atoms with van der Waals surface area (Å²) in [6.45, 7) is 0.166. The number of benzene rings is 2. The van der Waals surface area contributed by atoms with Crippen molar-refractivity contribution >= 4 is 16.8 Å². The zero-order valence-corrected chi connectivity index (χ0v) is 13.3. The van der Waals surface area contributed by atoms with Crippen molar-refractivity contribution in [3.8, 4) is 11.8 Å². The third-order valence-electron chi connectivity index (χ3n) is 3.66. The topological polar surface area (TPSA) is 78.8 Å². The van der Waals surface area contributed by atoms with Crippen LogP contribution < -0.4 is 4.74 Å². The lowest BCUT2D eigenvalue weighted by Crippen LogP contribution is -2.15. The van der Waals surface area contributed by atoms with E-state index in [0.29, 0.717) is 5.56 Å². The zero-order valence-electron chi connectivity index (χ0n) is 13.3. The highest BCUT2D eigenvalue weighted by molar-refractivity contribution is 6.04. The monoisotopic (exact) mass is 359 g/mol. The molecule has 26 heavy (non-hydrogen) atoms. The highest BCUT2D eigenvalue weighted by Crippen LogP contribution is 2.35. The summed E-state index contributed by atoms with van der Waals surface area (Å²) < 4.78 is 42.9. The molecule has 8 heteroatoms. The first-order valence-electron chi connectivity index (χ1n) is 7.61. The molecule has 0 spiro atoms. The van der Waals surface area contributed by atoms with E-state index >= 15 is 0 Å². The predicted molar refractivity (Wildman–Crippen MR) is 86.7 cm³/mol. The molecule has 0 fully saturated rings. The fourth-order valence-corrected chi connectivity index (χ4v) is 2.44. The molecule has 1 aliphatic rings. The van der Waals surface area contributed by atoms with Gasteiger partial charge in [0.25, 0.3) is 0 Å². The number of nitriles is 1. The van der Waals surface area contributed by atoms with Gasteiger partial charge >= 0.3 is 6.18 Å². The molecule has 5 nitrogen and oxygen atoms in total. The Balaban J connectivity index is 0.000000206. The molecule has 0 saturated carbocycles. The van der Waals surface area contributed by atoms with E-state index in [-0.39, 0.29) is 41.2 Å². The molecule has 0 bridgehead atoms. The third kappa shape index (κ3) is 3.52. The molecule has 0 atom stereocenters. The molecule has 3 aromatic rings. The molecule has 1 aliphatic heterocycles. The Bertz CT molecular complexity index is 989. The van der Waals surface area contributed by atoms with Crippen LogP contribution in [0.15, 0.2) is 42.5 Å². The van der Waals surface area contributed by atoms with E-state index in [4.69, 9.17) is 10.00 Å². The average molecular weight is 359 g/mol. The van der Waals surface area contributed by atoms with Crippen LogP contribution in [0.5, 0.6) is 5.75 Å². The van der Waals surface area contributed by atoms with Crippen molar-refractivity contribution in [3.05, 3.63) is 59.4 Å². The van der Waals surface area contributed by atoms with Gasteiger partial charge in [0.15, 0.2) is 11.5 Å². The number of aromatic nitrogens is 2. The second kappa shape index (κ2) is 6.88. The van der Waals surface area contributed by atoms with Crippen molar-refractivity contribution in [2.45, 2.75) is 12.6 Å². The minimum Gasteiger partial charge on any atom is -0.490 e. The third-order valence-corrected chi connectivity index (χ3v) is 3.66. The number of rotatable bonds is 0. The van der Waals surface area contributed by atoms with E-state index in [1.807, 2.05) is 24.3 Å². The van der Waals surface area contributed by atoms with Gasteiger partial charge in [0.05, 0.1) is 29.3 Å². The maximum atomic E-state index is 12.5. The van der Waals surface area contributed by atoms with Crippen LogP contribution in [0.25, 0.3) is 11.0 Å². The first-order valence-corrected chi connectivity index (χ1v) is 7.61. The molecular weight excluding hydrogens is 347 g/mol. The number of imidazole rings is 1. The highest BCUT2D eigenvalue weighted by atomic mass is 19.4. The Labute approximate surface area is 146 Å². The summed E-state index contributed by atoms with van der Waals surface area (Å²) in [5.41, 5.74) is 1.25. The van der Waals surface area contributed by atoms with E-state index in [9.17, 15) is 18.0 Å². The van der Waals surface area contributed by atoms with E-state index in [1.54, 1.807) is 12.1 Å². The number of carbonyl (C=O) groups excluding carboxylic acids is 1. The molecule has 2 aromatic carbocycles. The molecule has 0 aliphatic carbocycles. The van der Waals surface area contributed by atoms with E-state index in [0.717, 1.165) is 0 Å². The number of alkyl halides is 3. The molecule has 0 saturated heterocycles. The molecule has 1 N–H and O–H groups in total. The normalized spacial score (nSPS) is 13.2. The van der Waals surface area contributed by atoms with Gasteiger partial charge < -0.3 is 9.72 Å². The molecule has 2 heterocycles. The number of hydrogen-bond donors (Lipinski definition) is 1. The number of carbonyl (C=O) groups is 1. The number of ether oxygens (including phenoxy) is 1. The number of H-pyrrole nitrogens is 1. The van der Waals surface area contributed by atoms with E-state index < -0.39 is 12.0 Å². The molecule has 4 rings (SSSR count). The predicted octanol–water partition coefficient (Wildman–Crippen LogP) is 4.11. The standard InChI is InChI=1S/C11H7F3N2O2.C7H5N/c12-11(13,14)10-15-6-2-1-5-7(17)3-4-18-9(5)8(6)16-10;8-6-7-4-2-1-3-5-7/h1-2H,3-4H2,(H,15,16);1-5H. The molecule has 0 radical (unpaired) electrons. The summed E-state index contributed by atoms with van der Waals surface area (Å²) in [4.78, 5) is 17.2. The van der Waals surface area contributed by atoms with Crippen LogP contribution >= 0.6 is 0 Å². The van der Waals surface area contributed by atoms with Crippen LogP contribution in [-0.4, -0.2) is 22.4 Å². The first-order chi connectivity index (χ1) is 12.4. The number of halogens is 3. The minimum atomic E-state index is -4.55. The fraction of sp³-hybridized carbons (Fsp3) is 0.167. The van der Waals surface area contributed by atoms with Gasteiger partial charge in [-0.05, 0) is 24.3 Å². The van der Waals surface area contributed by atoms with Crippen molar-refractivity contribution in [1.82, 2.24) is 9.97 Å². The van der Waals surface area contributed by atoms with Gasteiger partial charge in [0, 0.05) is 6.42 Å². The summed E-state index contributed by atoms with van der Waals surface area (Å²) in [5.74, 6) is -1.10. The lowest BCUT2D eigenvalue weighted by atomic mass is 10.0. The number of Topliss-reactive ketones (excluding diaryl/α,β-unsaturated/α-hetero) is 1. The quantitative estimate of drug-likeness (QED) is 0.655. The SMILES string of the molecule is N#Cc1ccccc1.O=C1CCOc2c1ccc1[nH]c(C(F)(F)F)nc21. The number of ketones is 1. The van der Waals surface area contributed by atoms with Crippen LogP contribution in [0, 0.1) is 11.3 Å². The number of nitrogens with zero attached hydrogens (tertiary/aromatic N) is 2. The van der Waals surface area contributed by atoms with Crippen LogP contribution in [0.4, 0.5) is 13.2 Å². The molecule has 132 valence electrons. The van der Waals surface area contributed by atoms with Gasteiger partial charge in [0.2, 0.25) is 5.82 Å². The van der Waals surface area contributed by atoms with Gasteiger partial charge in [-0.15, -0.1) is 0 Å². The Hall–Kier alpha value is -3.34. The summed E-state index contributed by atoms with van der Waals surface area (Å²) >= 11 is 0. The fourth-order valence-electron chi connectivity index (χ4n) is 2.44. The van der Waals surface area contributed by atoms with Gasteiger partial charge in [0.1, 0.15) is 5.52 Å². The van der Waals surface area contributed by atoms with E-state index in [2.05, 4.69) is 9.97 Å². The summed E-state index contributed by atoms with van der Waals surface area (Å²) in [5, 5.41) is 8.29. The minimum absolute atomic E-state index is 0.0490. The van der Waals surface area contributed by atoms with E-state index in [1.165, 1.54) is 12.1 Å². The number of fused-ring (bicyclic) bond motifs is 3. The lowest BCUT2D eigenvalue weighted by Gasteiger charge is -2.15. The Kier molecular flexibility index (Phi) is 4.63. The summed E-state index contributed by atoms with van der Waals surface area (Å²) in [6.07, 6.45) is -4.32. The Morgan fingerprint density at radius 2 is 1.88 bits per heavy atom. The molecule has 0 unspecified atom stereocenters. The Morgan fingerprint density at radius 1 is 1.15 bits per heavy atom. The van der Waals surface area contributed by atoms with Crippen LogP contribution in [-0.2, 0) is 6.18 Å². The van der Waals surface area contributed by atoms with Crippen LogP contribution in [0.1, 0.15) is 28.2 Å². The maximum absolute atomic E-state index is 12.5. The van der Waals surface area contributed by atoms with Crippen molar-refractivity contribution in [1.29, 1.82) is 5.26 Å². The molecule has 0 amide bonds. The first kappa shape index (κ1) is 17.5. The zero-order chi connectivity index (χ0) is 18.7. The maximum Gasteiger partial charge on any atom is 0.449 e. The van der Waals surface area contributed by atoms with Gasteiger partial charge in [-0.25, -0.2) is 4.98 Å².